The molecular formula is C24H23NO6. The number of aryl methyl sites for hydroxylation is 1. The predicted molar refractivity (Wildman–Crippen MR) is 114 cm³/mol. The van der Waals surface area contributed by atoms with Gasteiger partial charge in [-0.2, -0.15) is 0 Å². The lowest BCUT2D eigenvalue weighted by atomic mass is 10.1. The van der Waals surface area contributed by atoms with Crippen molar-refractivity contribution in [2.24, 2.45) is 0 Å². The highest BCUT2D eigenvalue weighted by molar-refractivity contribution is 5.83. The van der Waals surface area contributed by atoms with Gasteiger partial charge in [0.15, 0.2) is 13.2 Å². The third-order valence-electron chi connectivity index (χ3n) is 5.24. The molecular weight excluding hydrogens is 398 g/mol. The van der Waals surface area contributed by atoms with E-state index in [1.165, 1.54) is 0 Å². The Morgan fingerprint density at radius 3 is 2.65 bits per heavy atom. The Labute approximate surface area is 179 Å². The van der Waals surface area contributed by atoms with Crippen LogP contribution >= 0.6 is 0 Å². The smallest absolute Gasteiger partial charge is 0.344 e. The van der Waals surface area contributed by atoms with Crippen LogP contribution in [0.3, 0.4) is 0 Å². The van der Waals surface area contributed by atoms with E-state index in [-0.39, 0.29) is 24.7 Å². The van der Waals surface area contributed by atoms with E-state index in [2.05, 4.69) is 5.32 Å². The molecule has 0 unspecified atom stereocenters. The van der Waals surface area contributed by atoms with E-state index in [0.717, 1.165) is 41.3 Å². The monoisotopic (exact) mass is 421 g/mol. The fourth-order valence-electron chi connectivity index (χ4n) is 3.73. The standard InChI is InChI=1S/C24H23NO6/c26-22(25-12-11-16-5-2-1-3-6-16)14-30-23(27)15-29-17-9-10-19-18-7-4-8-20(18)24(28)31-21(19)13-17/h1-3,5-6,9-10,13H,4,7-8,11-12,14-15H2,(H,25,26). The average molecular weight is 421 g/mol. The number of amides is 1. The SMILES string of the molecule is O=C(COC(=O)COc1ccc2c3c(c(=O)oc2c1)CCC3)NCCc1ccccc1. The minimum absolute atomic E-state index is 0.310. The molecule has 0 saturated carbocycles. The zero-order valence-electron chi connectivity index (χ0n) is 17.0. The van der Waals surface area contributed by atoms with Gasteiger partial charge in [0.2, 0.25) is 0 Å². The number of carbonyl (C=O) groups is 2. The first-order chi connectivity index (χ1) is 15.1. The van der Waals surface area contributed by atoms with E-state index in [9.17, 15) is 14.4 Å². The number of ether oxygens (including phenoxy) is 2. The summed E-state index contributed by atoms with van der Waals surface area (Å²) in [5.74, 6) is -0.641. The molecule has 1 amide bonds. The summed E-state index contributed by atoms with van der Waals surface area (Å²) in [5, 5.41) is 3.60. The van der Waals surface area contributed by atoms with E-state index < -0.39 is 5.97 Å². The highest BCUT2D eigenvalue weighted by Crippen LogP contribution is 2.29. The molecule has 0 saturated heterocycles. The molecule has 0 aliphatic heterocycles. The minimum atomic E-state index is -0.659. The van der Waals surface area contributed by atoms with E-state index in [0.29, 0.717) is 24.3 Å². The van der Waals surface area contributed by atoms with Gasteiger partial charge in [0.1, 0.15) is 11.3 Å². The molecule has 1 aliphatic rings. The molecule has 1 heterocycles. The first-order valence-corrected chi connectivity index (χ1v) is 10.3. The molecule has 1 aliphatic carbocycles. The van der Waals surface area contributed by atoms with Gasteiger partial charge < -0.3 is 19.2 Å². The third kappa shape index (κ3) is 5.12. The highest BCUT2D eigenvalue weighted by Gasteiger charge is 2.19. The van der Waals surface area contributed by atoms with Crippen molar-refractivity contribution in [1.29, 1.82) is 0 Å². The molecule has 7 nitrogen and oxygen atoms in total. The summed E-state index contributed by atoms with van der Waals surface area (Å²) in [6.07, 6.45) is 3.25. The summed E-state index contributed by atoms with van der Waals surface area (Å²) in [7, 11) is 0. The summed E-state index contributed by atoms with van der Waals surface area (Å²) in [6, 6.07) is 14.9. The highest BCUT2D eigenvalue weighted by atomic mass is 16.6. The van der Waals surface area contributed by atoms with Gasteiger partial charge in [-0.25, -0.2) is 9.59 Å². The molecule has 0 atom stereocenters. The molecule has 7 heteroatoms. The van der Waals surface area contributed by atoms with Gasteiger partial charge in [0.25, 0.3) is 5.91 Å². The van der Waals surface area contributed by atoms with Crippen molar-refractivity contribution in [3.63, 3.8) is 0 Å². The number of carbonyl (C=O) groups excluding carboxylic acids is 2. The van der Waals surface area contributed by atoms with Gasteiger partial charge in [-0.3, -0.25) is 4.79 Å². The van der Waals surface area contributed by atoms with Crippen LogP contribution in [-0.4, -0.2) is 31.6 Å². The van der Waals surface area contributed by atoms with Crippen LogP contribution in [0.15, 0.2) is 57.7 Å². The van der Waals surface area contributed by atoms with E-state index in [1.54, 1.807) is 12.1 Å². The maximum Gasteiger partial charge on any atom is 0.344 e. The van der Waals surface area contributed by atoms with Gasteiger partial charge in [-0.15, -0.1) is 0 Å². The van der Waals surface area contributed by atoms with Gasteiger partial charge in [-0.1, -0.05) is 30.3 Å². The fourth-order valence-corrected chi connectivity index (χ4v) is 3.73. The molecule has 1 aromatic heterocycles. The quantitative estimate of drug-likeness (QED) is 0.444. The third-order valence-corrected chi connectivity index (χ3v) is 5.24. The van der Waals surface area contributed by atoms with E-state index in [4.69, 9.17) is 13.9 Å². The van der Waals surface area contributed by atoms with Gasteiger partial charge in [-0.05, 0) is 48.9 Å². The van der Waals surface area contributed by atoms with Crippen molar-refractivity contribution in [2.75, 3.05) is 19.8 Å². The topological polar surface area (TPSA) is 94.8 Å². The Balaban J connectivity index is 1.23. The van der Waals surface area contributed by atoms with E-state index >= 15 is 0 Å². The van der Waals surface area contributed by atoms with Crippen LogP contribution in [0.2, 0.25) is 0 Å². The van der Waals surface area contributed by atoms with Crippen molar-refractivity contribution in [1.82, 2.24) is 5.32 Å². The molecule has 0 radical (unpaired) electrons. The summed E-state index contributed by atoms with van der Waals surface area (Å²) < 4.78 is 15.8. The summed E-state index contributed by atoms with van der Waals surface area (Å²) in [5.41, 5.74) is 3.04. The number of hydrogen-bond donors (Lipinski definition) is 1. The second-order valence-corrected chi connectivity index (χ2v) is 7.39. The Bertz CT molecular complexity index is 1150. The van der Waals surface area contributed by atoms with Gasteiger partial charge in [0.05, 0.1) is 0 Å². The van der Waals surface area contributed by atoms with Crippen LogP contribution in [0.5, 0.6) is 5.75 Å². The number of fused-ring (bicyclic) bond motifs is 3. The molecule has 0 fully saturated rings. The summed E-state index contributed by atoms with van der Waals surface area (Å²) in [6.45, 7) is -0.253. The fraction of sp³-hybridized carbons (Fsp3) is 0.292. The first-order valence-electron chi connectivity index (χ1n) is 10.3. The Morgan fingerprint density at radius 2 is 1.81 bits per heavy atom. The minimum Gasteiger partial charge on any atom is -0.482 e. The van der Waals surface area contributed by atoms with Gasteiger partial charge in [0, 0.05) is 23.6 Å². The van der Waals surface area contributed by atoms with Crippen LogP contribution in [0, 0.1) is 0 Å². The molecule has 2 aromatic carbocycles. The van der Waals surface area contributed by atoms with Crippen molar-refractivity contribution in [3.05, 3.63) is 75.6 Å². The maximum absolute atomic E-state index is 12.1. The summed E-state index contributed by atoms with van der Waals surface area (Å²) >= 11 is 0. The van der Waals surface area contributed by atoms with Crippen LogP contribution in [0.25, 0.3) is 11.0 Å². The van der Waals surface area contributed by atoms with E-state index in [1.807, 2.05) is 36.4 Å². The predicted octanol–water partition coefficient (Wildman–Crippen LogP) is 2.56. The van der Waals surface area contributed by atoms with Crippen LogP contribution in [0.4, 0.5) is 0 Å². The van der Waals surface area contributed by atoms with Crippen molar-refractivity contribution < 1.29 is 23.5 Å². The lowest BCUT2D eigenvalue weighted by Gasteiger charge is -2.09. The molecule has 160 valence electrons. The maximum atomic E-state index is 12.1. The molecule has 1 N–H and O–H groups in total. The number of hydrogen-bond acceptors (Lipinski definition) is 6. The van der Waals surface area contributed by atoms with Crippen molar-refractivity contribution >= 4 is 22.8 Å². The first kappa shape index (κ1) is 20.7. The number of rotatable bonds is 8. The lowest BCUT2D eigenvalue weighted by molar-refractivity contribution is -0.150. The number of benzene rings is 2. The Hall–Kier alpha value is -3.61. The Morgan fingerprint density at radius 1 is 1.00 bits per heavy atom. The molecule has 0 spiro atoms. The summed E-state index contributed by atoms with van der Waals surface area (Å²) in [4.78, 5) is 35.8. The number of esters is 1. The van der Waals surface area contributed by atoms with Gasteiger partial charge >= 0.3 is 11.6 Å². The second kappa shape index (κ2) is 9.47. The largest absolute Gasteiger partial charge is 0.482 e. The molecule has 31 heavy (non-hydrogen) atoms. The van der Waals surface area contributed by atoms with Crippen LogP contribution in [-0.2, 0) is 33.6 Å². The zero-order chi connectivity index (χ0) is 21.6. The molecule has 4 rings (SSSR count). The zero-order valence-corrected chi connectivity index (χ0v) is 17.0. The lowest BCUT2D eigenvalue weighted by Crippen LogP contribution is -2.31. The number of nitrogens with one attached hydrogen (secondary N) is 1. The molecule has 3 aromatic rings. The van der Waals surface area contributed by atoms with Crippen LogP contribution < -0.4 is 15.7 Å². The van der Waals surface area contributed by atoms with Crippen molar-refractivity contribution in [3.8, 4) is 5.75 Å². The van der Waals surface area contributed by atoms with Crippen molar-refractivity contribution in [2.45, 2.75) is 25.7 Å². The average Bonchev–Trinajstić information content (AvgIpc) is 3.28. The second-order valence-electron chi connectivity index (χ2n) is 7.39. The van der Waals surface area contributed by atoms with Crippen LogP contribution in [0.1, 0.15) is 23.1 Å². The normalized spacial score (nSPS) is 12.4. The molecule has 0 bridgehead atoms. The Kier molecular flexibility index (Phi) is 6.31.